The van der Waals surface area contributed by atoms with Crippen LogP contribution in [0.1, 0.15) is 11.1 Å². The molecule has 2 aromatic carbocycles. The summed E-state index contributed by atoms with van der Waals surface area (Å²) in [5.41, 5.74) is 3.82. The number of benzene rings is 2. The van der Waals surface area contributed by atoms with Crippen LogP contribution in [0.5, 0.6) is 0 Å². The molecule has 0 aliphatic carbocycles. The number of alkyl halides is 1. The first kappa shape index (κ1) is 13.1. The van der Waals surface area contributed by atoms with Crippen LogP contribution in [0.4, 0.5) is 5.69 Å². The van der Waals surface area contributed by atoms with Crippen molar-refractivity contribution >= 4 is 17.3 Å². The monoisotopic (exact) mass is 260 g/mol. The van der Waals surface area contributed by atoms with E-state index in [4.69, 9.17) is 11.6 Å². The molecule has 0 saturated heterocycles. The van der Waals surface area contributed by atoms with E-state index in [1.54, 1.807) is 0 Å². The first-order valence-electron chi connectivity index (χ1n) is 6.14. The zero-order valence-corrected chi connectivity index (χ0v) is 11.7. The second-order valence-corrected chi connectivity index (χ2v) is 5.40. The molecule has 0 amide bonds. The molecule has 2 aromatic rings. The first-order valence-corrected chi connectivity index (χ1v) is 6.68. The molecule has 0 heterocycles. The third-order valence-corrected chi connectivity index (χ3v) is 3.52. The van der Waals surface area contributed by atoms with Crippen LogP contribution in [0.2, 0.25) is 0 Å². The van der Waals surface area contributed by atoms with Crippen LogP contribution < -0.4 is 4.48 Å². The zero-order chi connectivity index (χ0) is 13.0. The zero-order valence-electron chi connectivity index (χ0n) is 10.9. The number of quaternary nitrogens is 1. The highest BCUT2D eigenvalue weighted by Crippen LogP contribution is 2.22. The summed E-state index contributed by atoms with van der Waals surface area (Å²) in [6.07, 6.45) is 0. The summed E-state index contributed by atoms with van der Waals surface area (Å²) < 4.78 is 0.840. The van der Waals surface area contributed by atoms with E-state index in [0.29, 0.717) is 5.88 Å². The molecule has 1 nitrogen and oxygen atoms in total. The Morgan fingerprint density at radius 3 is 2.00 bits per heavy atom. The molecule has 0 aliphatic rings. The first-order chi connectivity index (χ1) is 8.62. The quantitative estimate of drug-likeness (QED) is 0.571. The molecule has 2 heteroatoms. The predicted octanol–water partition coefficient (Wildman–Crippen LogP) is 4.19. The summed E-state index contributed by atoms with van der Waals surface area (Å²) in [5.74, 6) is 0.576. The minimum absolute atomic E-state index is 0.576. The molecule has 0 atom stereocenters. The van der Waals surface area contributed by atoms with Crippen molar-refractivity contribution < 1.29 is 0 Å². The largest absolute Gasteiger partial charge is 0.292 e. The molecule has 0 aromatic heterocycles. The van der Waals surface area contributed by atoms with Gasteiger partial charge in [-0.25, -0.2) is 0 Å². The van der Waals surface area contributed by atoms with Gasteiger partial charge < -0.3 is 0 Å². The highest BCUT2D eigenvalue weighted by molar-refractivity contribution is 6.17. The second kappa shape index (κ2) is 5.55. The summed E-state index contributed by atoms with van der Waals surface area (Å²) in [4.78, 5) is 0. The Morgan fingerprint density at radius 1 is 0.833 bits per heavy atom. The van der Waals surface area contributed by atoms with Gasteiger partial charge in [-0.3, -0.25) is 4.48 Å². The lowest BCUT2D eigenvalue weighted by atomic mass is 10.1. The van der Waals surface area contributed by atoms with E-state index in [1.165, 1.54) is 16.8 Å². The average Bonchev–Trinajstić information content (AvgIpc) is 2.39. The van der Waals surface area contributed by atoms with Crippen LogP contribution in [-0.4, -0.2) is 14.1 Å². The number of hydrogen-bond donors (Lipinski definition) is 0. The maximum absolute atomic E-state index is 5.82. The van der Waals surface area contributed by atoms with Crippen molar-refractivity contribution in [2.24, 2.45) is 0 Å². The van der Waals surface area contributed by atoms with Crippen molar-refractivity contribution in [2.75, 3.05) is 14.1 Å². The Bertz CT molecular complexity index is 488. The summed E-state index contributed by atoms with van der Waals surface area (Å²) >= 11 is 5.82. The van der Waals surface area contributed by atoms with E-state index >= 15 is 0 Å². The predicted molar refractivity (Wildman–Crippen MR) is 79.8 cm³/mol. The van der Waals surface area contributed by atoms with E-state index in [-0.39, 0.29) is 0 Å². The number of hydrogen-bond acceptors (Lipinski definition) is 0. The Kier molecular flexibility index (Phi) is 4.05. The minimum atomic E-state index is 0.576. The summed E-state index contributed by atoms with van der Waals surface area (Å²) in [6.45, 7) is 0.987. The molecule has 0 unspecified atom stereocenters. The molecule has 2 rings (SSSR count). The van der Waals surface area contributed by atoms with E-state index in [2.05, 4.69) is 68.7 Å². The average molecular weight is 261 g/mol. The number of rotatable bonds is 4. The van der Waals surface area contributed by atoms with Gasteiger partial charge in [0.05, 0.1) is 14.1 Å². The highest BCUT2D eigenvalue weighted by atomic mass is 35.5. The van der Waals surface area contributed by atoms with Gasteiger partial charge in [-0.2, -0.15) is 0 Å². The third-order valence-electron chi connectivity index (χ3n) is 3.21. The van der Waals surface area contributed by atoms with Gasteiger partial charge in [0.2, 0.25) is 0 Å². The fourth-order valence-corrected chi connectivity index (χ4v) is 2.30. The number of nitrogens with zero attached hydrogens (tertiary/aromatic N) is 1. The van der Waals surface area contributed by atoms with Gasteiger partial charge in [-0.1, -0.05) is 42.5 Å². The fourth-order valence-electron chi connectivity index (χ4n) is 2.12. The van der Waals surface area contributed by atoms with E-state index in [1.807, 2.05) is 0 Å². The minimum Gasteiger partial charge on any atom is -0.292 e. The molecule has 0 fully saturated rings. The second-order valence-electron chi connectivity index (χ2n) is 5.13. The summed E-state index contributed by atoms with van der Waals surface area (Å²) in [6, 6.07) is 19.1. The molecule has 0 bridgehead atoms. The maximum atomic E-state index is 5.82. The van der Waals surface area contributed by atoms with Gasteiger partial charge in [-0.15, -0.1) is 11.6 Å². The molecular weight excluding hydrogens is 242 g/mol. The van der Waals surface area contributed by atoms with Gasteiger partial charge in [0.15, 0.2) is 0 Å². The van der Waals surface area contributed by atoms with E-state index in [0.717, 1.165) is 11.0 Å². The normalized spacial score (nSPS) is 11.5. The van der Waals surface area contributed by atoms with Gasteiger partial charge in [0.25, 0.3) is 0 Å². The standard InChI is InChI=1S/C16H19ClN/c1-18(2,13-15-6-4-3-5-7-15)16-10-8-14(12-17)9-11-16/h3-11H,12-13H2,1-2H3/q+1. The molecule has 0 N–H and O–H groups in total. The van der Waals surface area contributed by atoms with Crippen LogP contribution in [0, 0.1) is 0 Å². The van der Waals surface area contributed by atoms with Crippen molar-refractivity contribution in [1.29, 1.82) is 0 Å². The molecular formula is C16H19ClN+. The fraction of sp³-hybridized carbons (Fsp3) is 0.250. The van der Waals surface area contributed by atoms with Crippen molar-refractivity contribution in [1.82, 2.24) is 4.48 Å². The summed E-state index contributed by atoms with van der Waals surface area (Å²) in [7, 11) is 4.45. The van der Waals surface area contributed by atoms with Crippen molar-refractivity contribution in [3.63, 3.8) is 0 Å². The van der Waals surface area contributed by atoms with Gasteiger partial charge >= 0.3 is 0 Å². The number of halogens is 1. The van der Waals surface area contributed by atoms with Crippen molar-refractivity contribution in [3.8, 4) is 0 Å². The molecule has 94 valence electrons. The maximum Gasteiger partial charge on any atom is 0.132 e. The topological polar surface area (TPSA) is 0 Å². The van der Waals surface area contributed by atoms with Gasteiger partial charge in [-0.05, 0) is 17.7 Å². The Labute approximate surface area is 114 Å². The molecule has 18 heavy (non-hydrogen) atoms. The summed E-state index contributed by atoms with van der Waals surface area (Å²) in [5, 5.41) is 0. The lowest BCUT2D eigenvalue weighted by Gasteiger charge is -2.29. The molecule has 0 radical (unpaired) electrons. The lowest BCUT2D eigenvalue weighted by molar-refractivity contribution is 0.392. The Balaban J connectivity index is 2.19. The van der Waals surface area contributed by atoms with E-state index in [9.17, 15) is 0 Å². The van der Waals surface area contributed by atoms with Crippen LogP contribution in [0.3, 0.4) is 0 Å². The Morgan fingerprint density at radius 2 is 1.44 bits per heavy atom. The third kappa shape index (κ3) is 3.12. The molecule has 0 spiro atoms. The lowest BCUT2D eigenvalue weighted by Crippen LogP contribution is -2.39. The van der Waals surface area contributed by atoms with Crippen LogP contribution >= 0.6 is 11.6 Å². The van der Waals surface area contributed by atoms with Gasteiger partial charge in [0, 0.05) is 11.4 Å². The molecule has 0 saturated carbocycles. The SMILES string of the molecule is C[N+](C)(Cc1ccccc1)c1ccc(CCl)cc1. The van der Waals surface area contributed by atoms with Crippen molar-refractivity contribution in [3.05, 3.63) is 65.7 Å². The highest BCUT2D eigenvalue weighted by Gasteiger charge is 2.19. The Hall–Kier alpha value is -1.31. The van der Waals surface area contributed by atoms with Crippen LogP contribution in [0.25, 0.3) is 0 Å². The smallest absolute Gasteiger partial charge is 0.132 e. The van der Waals surface area contributed by atoms with Crippen molar-refractivity contribution in [2.45, 2.75) is 12.4 Å². The van der Waals surface area contributed by atoms with Crippen LogP contribution in [0.15, 0.2) is 54.6 Å². The van der Waals surface area contributed by atoms with Crippen LogP contribution in [-0.2, 0) is 12.4 Å². The van der Waals surface area contributed by atoms with Gasteiger partial charge in [0.1, 0.15) is 12.2 Å². The molecule has 0 aliphatic heterocycles. The van der Waals surface area contributed by atoms with E-state index < -0.39 is 0 Å².